The van der Waals surface area contributed by atoms with Crippen molar-refractivity contribution < 1.29 is 8.78 Å². The molecular weight excluding hydrogens is 315 g/mol. The van der Waals surface area contributed by atoms with Gasteiger partial charge in [0.1, 0.15) is 5.82 Å². The van der Waals surface area contributed by atoms with Crippen LogP contribution in [0.4, 0.5) is 8.78 Å². The van der Waals surface area contributed by atoms with Gasteiger partial charge in [0.05, 0.1) is 14.9 Å². The molecule has 0 spiro atoms. The van der Waals surface area contributed by atoms with Crippen LogP contribution in [0.1, 0.15) is 11.3 Å². The second-order valence-corrected chi connectivity index (χ2v) is 4.88. The summed E-state index contributed by atoms with van der Waals surface area (Å²) in [5, 5.41) is -0.817. The second-order valence-electron chi connectivity index (χ2n) is 3.71. The number of halogens is 4. The molecule has 1 heterocycles. The first-order chi connectivity index (χ1) is 7.86. The van der Waals surface area contributed by atoms with Crippen molar-refractivity contribution in [2.45, 2.75) is 13.8 Å². The first kappa shape index (κ1) is 12.5. The van der Waals surface area contributed by atoms with Crippen LogP contribution in [-0.4, -0.2) is 4.98 Å². The number of aryl methyl sites for hydroxylation is 2. The van der Waals surface area contributed by atoms with Gasteiger partial charge in [0, 0.05) is 11.1 Å². The lowest BCUT2D eigenvalue weighted by Gasteiger charge is -2.10. The van der Waals surface area contributed by atoms with E-state index in [4.69, 9.17) is 11.6 Å². The smallest absolute Gasteiger partial charge is 0.259 e. The van der Waals surface area contributed by atoms with Crippen molar-refractivity contribution in [1.29, 1.82) is 0 Å². The van der Waals surface area contributed by atoms with E-state index in [0.29, 0.717) is 11.3 Å². The van der Waals surface area contributed by atoms with E-state index in [-0.39, 0.29) is 15.2 Å². The van der Waals surface area contributed by atoms with Gasteiger partial charge >= 0.3 is 0 Å². The Hall–Kier alpha value is -0.940. The molecule has 2 rings (SSSR count). The van der Waals surface area contributed by atoms with E-state index >= 15 is 0 Å². The zero-order valence-electron chi connectivity index (χ0n) is 8.92. The Bertz CT molecular complexity index is 696. The fraction of sp³-hybridized carbons (Fsp3) is 0.182. The number of fused-ring (bicyclic) bond motifs is 1. The predicted octanol–water partition coefficient (Wildman–Crippen LogP) is 3.84. The van der Waals surface area contributed by atoms with E-state index in [1.807, 2.05) is 0 Å². The van der Waals surface area contributed by atoms with Crippen LogP contribution in [0, 0.1) is 25.5 Å². The van der Waals surface area contributed by atoms with Crippen LogP contribution < -0.4 is 5.56 Å². The zero-order valence-corrected chi connectivity index (χ0v) is 11.3. The van der Waals surface area contributed by atoms with Gasteiger partial charge in [0.15, 0.2) is 5.82 Å². The summed E-state index contributed by atoms with van der Waals surface area (Å²) in [7, 11) is 0. The summed E-state index contributed by atoms with van der Waals surface area (Å²) < 4.78 is 27.7. The van der Waals surface area contributed by atoms with Gasteiger partial charge < -0.3 is 4.98 Å². The lowest BCUT2D eigenvalue weighted by atomic mass is 10.0. The normalized spacial score (nSPS) is 11.2. The van der Waals surface area contributed by atoms with Crippen LogP contribution in [0.3, 0.4) is 0 Å². The summed E-state index contributed by atoms with van der Waals surface area (Å²) in [4.78, 5) is 14.1. The van der Waals surface area contributed by atoms with Crippen LogP contribution in [0.5, 0.6) is 0 Å². The Kier molecular flexibility index (Phi) is 2.99. The number of benzene rings is 1. The zero-order chi connectivity index (χ0) is 12.9. The number of nitrogens with one attached hydrogen (secondary N) is 1. The van der Waals surface area contributed by atoms with E-state index in [2.05, 4.69) is 20.9 Å². The summed E-state index contributed by atoms with van der Waals surface area (Å²) in [6.45, 7) is 3.23. The number of pyridine rings is 1. The molecule has 1 N–H and O–H groups in total. The Labute approximate surface area is 109 Å². The molecule has 0 radical (unpaired) electrons. The van der Waals surface area contributed by atoms with E-state index in [0.717, 1.165) is 0 Å². The molecule has 0 bridgehead atoms. The maximum atomic E-state index is 14.0. The standard InChI is InChI=1S/C11H7BrClF2NO/c1-3-4(2)16-11(17)6-5(3)9(14)7(12)8(13)10(6)15/h1-2H3,(H,16,17). The minimum absolute atomic E-state index is 0.0416. The summed E-state index contributed by atoms with van der Waals surface area (Å²) in [6, 6.07) is 0. The van der Waals surface area contributed by atoms with Crippen LogP contribution in [0.25, 0.3) is 10.8 Å². The minimum atomic E-state index is -0.917. The molecule has 0 atom stereocenters. The van der Waals surface area contributed by atoms with Crippen molar-refractivity contribution in [1.82, 2.24) is 4.98 Å². The molecule has 6 heteroatoms. The highest BCUT2D eigenvalue weighted by Gasteiger charge is 2.21. The number of hydrogen-bond donors (Lipinski definition) is 1. The Morgan fingerprint density at radius 1 is 1.18 bits per heavy atom. The monoisotopic (exact) mass is 321 g/mol. The number of hydrogen-bond acceptors (Lipinski definition) is 1. The van der Waals surface area contributed by atoms with Gasteiger partial charge in [-0.05, 0) is 35.3 Å². The van der Waals surface area contributed by atoms with Gasteiger partial charge in [-0.2, -0.15) is 0 Å². The van der Waals surface area contributed by atoms with Crippen molar-refractivity contribution in [3.63, 3.8) is 0 Å². The van der Waals surface area contributed by atoms with Gasteiger partial charge in [-0.1, -0.05) is 11.6 Å². The Balaban J connectivity index is 3.23. The maximum Gasteiger partial charge on any atom is 0.259 e. The van der Waals surface area contributed by atoms with Crippen molar-refractivity contribution in [3.05, 3.63) is 42.7 Å². The predicted molar refractivity (Wildman–Crippen MR) is 66.7 cm³/mol. The third-order valence-electron chi connectivity index (χ3n) is 2.73. The highest BCUT2D eigenvalue weighted by molar-refractivity contribution is 9.10. The van der Waals surface area contributed by atoms with Crippen molar-refractivity contribution in [3.8, 4) is 0 Å². The first-order valence-corrected chi connectivity index (χ1v) is 5.88. The number of H-pyrrole nitrogens is 1. The van der Waals surface area contributed by atoms with Gasteiger partial charge in [-0.25, -0.2) is 8.78 Å². The van der Waals surface area contributed by atoms with Crippen LogP contribution >= 0.6 is 27.5 Å². The molecule has 2 aromatic rings. The van der Waals surface area contributed by atoms with Gasteiger partial charge in [-0.3, -0.25) is 4.79 Å². The lowest BCUT2D eigenvalue weighted by molar-refractivity contribution is 0.610. The fourth-order valence-corrected chi connectivity index (χ4v) is 2.26. The molecule has 0 aliphatic carbocycles. The van der Waals surface area contributed by atoms with E-state index in [1.54, 1.807) is 13.8 Å². The van der Waals surface area contributed by atoms with Crippen molar-refractivity contribution in [2.75, 3.05) is 0 Å². The second kappa shape index (κ2) is 4.07. The van der Waals surface area contributed by atoms with Gasteiger partial charge in [0.2, 0.25) is 0 Å². The SMILES string of the molecule is Cc1[nH]c(=O)c2c(F)c(Cl)c(Br)c(F)c2c1C. The summed E-state index contributed by atoms with van der Waals surface area (Å²) in [5.74, 6) is -1.64. The molecule has 0 saturated heterocycles. The summed E-state index contributed by atoms with van der Waals surface area (Å²) in [6.07, 6.45) is 0. The van der Waals surface area contributed by atoms with E-state index < -0.39 is 22.2 Å². The minimum Gasteiger partial charge on any atom is -0.326 e. The summed E-state index contributed by atoms with van der Waals surface area (Å²) in [5.41, 5.74) is 0.289. The maximum absolute atomic E-state index is 14.0. The number of rotatable bonds is 0. The molecule has 0 aliphatic heterocycles. The largest absolute Gasteiger partial charge is 0.326 e. The summed E-state index contributed by atoms with van der Waals surface area (Å²) >= 11 is 8.49. The van der Waals surface area contributed by atoms with Crippen LogP contribution in [0.15, 0.2) is 9.27 Å². The fourth-order valence-electron chi connectivity index (χ4n) is 1.71. The molecule has 0 saturated carbocycles. The topological polar surface area (TPSA) is 32.9 Å². The Morgan fingerprint density at radius 3 is 2.35 bits per heavy atom. The van der Waals surface area contributed by atoms with E-state index in [9.17, 15) is 13.6 Å². The number of aromatic nitrogens is 1. The van der Waals surface area contributed by atoms with E-state index in [1.165, 1.54) is 0 Å². The van der Waals surface area contributed by atoms with Gasteiger partial charge in [-0.15, -0.1) is 0 Å². The quantitative estimate of drug-likeness (QED) is 0.580. The van der Waals surface area contributed by atoms with Crippen molar-refractivity contribution >= 4 is 38.3 Å². The highest BCUT2D eigenvalue weighted by atomic mass is 79.9. The third kappa shape index (κ3) is 1.68. The third-order valence-corrected chi connectivity index (χ3v) is 4.06. The van der Waals surface area contributed by atoms with Crippen molar-refractivity contribution in [2.24, 2.45) is 0 Å². The highest BCUT2D eigenvalue weighted by Crippen LogP contribution is 2.35. The molecule has 0 aliphatic rings. The molecular formula is C11H7BrClF2NO. The van der Waals surface area contributed by atoms with Gasteiger partial charge in [0.25, 0.3) is 5.56 Å². The average molecular weight is 323 g/mol. The molecule has 1 aromatic carbocycles. The van der Waals surface area contributed by atoms with Crippen LogP contribution in [-0.2, 0) is 0 Å². The molecule has 1 aromatic heterocycles. The lowest BCUT2D eigenvalue weighted by Crippen LogP contribution is -2.13. The number of aromatic amines is 1. The average Bonchev–Trinajstić information content (AvgIpc) is 2.28. The van der Waals surface area contributed by atoms with Crippen LogP contribution in [0.2, 0.25) is 5.02 Å². The molecule has 0 fully saturated rings. The molecule has 2 nitrogen and oxygen atoms in total. The molecule has 90 valence electrons. The first-order valence-electron chi connectivity index (χ1n) is 4.71. The Morgan fingerprint density at radius 2 is 1.76 bits per heavy atom. The molecule has 0 amide bonds. The molecule has 0 unspecified atom stereocenters. The molecule has 17 heavy (non-hydrogen) atoms.